The maximum atomic E-state index is 13.1. The van der Waals surface area contributed by atoms with Gasteiger partial charge in [-0.2, -0.15) is 0 Å². The Bertz CT molecular complexity index is 327. The summed E-state index contributed by atoms with van der Waals surface area (Å²) in [7, 11) is 1.95. The van der Waals surface area contributed by atoms with Gasteiger partial charge in [0.05, 0.1) is 0 Å². The Balaban J connectivity index is 1.94. The van der Waals surface area contributed by atoms with Crippen molar-refractivity contribution >= 4 is 0 Å². The number of aryl methyl sites for hydroxylation is 1. The normalized spacial score (nSPS) is 24.7. The molecule has 0 aromatic heterocycles. The predicted molar refractivity (Wildman–Crippen MR) is 57.6 cm³/mol. The number of hydrogen-bond acceptors (Lipinski definition) is 2. The Labute approximate surface area is 89.4 Å². The van der Waals surface area contributed by atoms with E-state index >= 15 is 0 Å². The molecule has 1 saturated carbocycles. The SMILES string of the molecule is CN[C@H]1C[C@@H](Oc2cc(C)cc(F)c2)C1. The molecule has 15 heavy (non-hydrogen) atoms. The van der Waals surface area contributed by atoms with Crippen molar-refractivity contribution in [1.82, 2.24) is 5.32 Å². The predicted octanol–water partition coefficient (Wildman–Crippen LogP) is 2.26. The van der Waals surface area contributed by atoms with Crippen molar-refractivity contribution in [3.05, 3.63) is 29.6 Å². The number of hydrogen-bond donors (Lipinski definition) is 1. The Morgan fingerprint density at radius 1 is 1.33 bits per heavy atom. The minimum Gasteiger partial charge on any atom is -0.490 e. The molecule has 1 aliphatic rings. The summed E-state index contributed by atoms with van der Waals surface area (Å²) < 4.78 is 18.7. The molecule has 0 atom stereocenters. The third-order valence-electron chi connectivity index (χ3n) is 2.82. The van der Waals surface area contributed by atoms with E-state index in [9.17, 15) is 4.39 Å². The van der Waals surface area contributed by atoms with Gasteiger partial charge in [-0.05, 0) is 44.5 Å². The highest BCUT2D eigenvalue weighted by molar-refractivity contribution is 5.29. The largest absolute Gasteiger partial charge is 0.490 e. The Morgan fingerprint density at radius 3 is 2.67 bits per heavy atom. The monoisotopic (exact) mass is 209 g/mol. The molecule has 1 aromatic rings. The third-order valence-corrected chi connectivity index (χ3v) is 2.82. The van der Waals surface area contributed by atoms with Gasteiger partial charge in [0, 0.05) is 12.1 Å². The van der Waals surface area contributed by atoms with Crippen LogP contribution in [0.4, 0.5) is 4.39 Å². The van der Waals surface area contributed by atoms with Gasteiger partial charge >= 0.3 is 0 Å². The smallest absolute Gasteiger partial charge is 0.127 e. The standard InChI is InChI=1S/C12H16FNO/c1-8-3-9(13)5-11(4-8)15-12-6-10(7-12)14-2/h3-5,10,12,14H,6-7H2,1-2H3/t10-,12+. The highest BCUT2D eigenvalue weighted by atomic mass is 19.1. The van der Waals surface area contributed by atoms with E-state index in [1.807, 2.05) is 20.0 Å². The molecule has 1 aliphatic carbocycles. The van der Waals surface area contributed by atoms with Crippen molar-refractivity contribution < 1.29 is 9.13 Å². The van der Waals surface area contributed by atoms with Crippen molar-refractivity contribution in [2.24, 2.45) is 0 Å². The fourth-order valence-corrected chi connectivity index (χ4v) is 1.86. The summed E-state index contributed by atoms with van der Waals surface area (Å²) in [6.45, 7) is 1.87. The Hall–Kier alpha value is -1.09. The molecule has 2 rings (SSSR count). The Morgan fingerprint density at radius 2 is 2.07 bits per heavy atom. The van der Waals surface area contributed by atoms with Crippen molar-refractivity contribution in [3.63, 3.8) is 0 Å². The molecule has 82 valence electrons. The lowest BCUT2D eigenvalue weighted by atomic mass is 9.89. The molecular weight excluding hydrogens is 193 g/mol. The molecule has 0 aliphatic heterocycles. The molecule has 0 amide bonds. The second-order valence-electron chi connectivity index (χ2n) is 4.16. The molecule has 0 radical (unpaired) electrons. The van der Waals surface area contributed by atoms with E-state index in [2.05, 4.69) is 5.32 Å². The van der Waals surface area contributed by atoms with Crippen molar-refractivity contribution in [2.75, 3.05) is 7.05 Å². The summed E-state index contributed by atoms with van der Waals surface area (Å²) in [5.74, 6) is 0.418. The van der Waals surface area contributed by atoms with Crippen LogP contribution in [0.25, 0.3) is 0 Å². The fourth-order valence-electron chi connectivity index (χ4n) is 1.86. The molecule has 1 aromatic carbocycles. The van der Waals surface area contributed by atoms with Gasteiger partial charge in [0.1, 0.15) is 17.7 Å². The van der Waals surface area contributed by atoms with Crippen LogP contribution in [0.2, 0.25) is 0 Å². The van der Waals surface area contributed by atoms with Gasteiger partial charge in [-0.1, -0.05) is 0 Å². The summed E-state index contributed by atoms with van der Waals surface area (Å²) >= 11 is 0. The lowest BCUT2D eigenvalue weighted by Crippen LogP contribution is -2.45. The molecule has 0 heterocycles. The second kappa shape index (κ2) is 4.19. The molecule has 0 saturated heterocycles. The number of nitrogens with one attached hydrogen (secondary N) is 1. The van der Waals surface area contributed by atoms with Crippen LogP contribution in [0.5, 0.6) is 5.75 Å². The first-order valence-electron chi connectivity index (χ1n) is 5.28. The lowest BCUT2D eigenvalue weighted by Gasteiger charge is -2.35. The number of ether oxygens (including phenoxy) is 1. The quantitative estimate of drug-likeness (QED) is 0.824. The number of benzene rings is 1. The second-order valence-corrected chi connectivity index (χ2v) is 4.16. The zero-order valence-corrected chi connectivity index (χ0v) is 9.09. The Kier molecular flexibility index (Phi) is 2.91. The highest BCUT2D eigenvalue weighted by Gasteiger charge is 2.29. The summed E-state index contributed by atoms with van der Waals surface area (Å²) in [6, 6.07) is 5.38. The first-order valence-corrected chi connectivity index (χ1v) is 5.28. The van der Waals surface area contributed by atoms with E-state index in [4.69, 9.17) is 4.74 Å². The summed E-state index contributed by atoms with van der Waals surface area (Å²) in [6.07, 6.45) is 2.25. The first kappa shape index (κ1) is 10.4. The van der Waals surface area contributed by atoms with Gasteiger partial charge in [0.25, 0.3) is 0 Å². The number of rotatable bonds is 3. The number of halogens is 1. The van der Waals surface area contributed by atoms with Crippen molar-refractivity contribution in [1.29, 1.82) is 0 Å². The van der Waals surface area contributed by atoms with E-state index in [0.29, 0.717) is 11.8 Å². The molecule has 3 heteroatoms. The molecule has 0 bridgehead atoms. The molecule has 1 fully saturated rings. The minimum absolute atomic E-state index is 0.227. The highest BCUT2D eigenvalue weighted by Crippen LogP contribution is 2.26. The van der Waals surface area contributed by atoms with Gasteiger partial charge in [-0.15, -0.1) is 0 Å². The molecule has 2 nitrogen and oxygen atoms in total. The van der Waals surface area contributed by atoms with E-state index in [0.717, 1.165) is 18.4 Å². The van der Waals surface area contributed by atoms with Crippen molar-refractivity contribution in [2.45, 2.75) is 31.9 Å². The maximum Gasteiger partial charge on any atom is 0.127 e. The minimum atomic E-state index is -0.227. The summed E-state index contributed by atoms with van der Waals surface area (Å²) in [5, 5.41) is 3.19. The van der Waals surface area contributed by atoms with Crippen LogP contribution in [-0.4, -0.2) is 19.2 Å². The zero-order chi connectivity index (χ0) is 10.8. The van der Waals surface area contributed by atoms with Gasteiger partial charge in [0.2, 0.25) is 0 Å². The topological polar surface area (TPSA) is 21.3 Å². The van der Waals surface area contributed by atoms with E-state index in [-0.39, 0.29) is 11.9 Å². The zero-order valence-electron chi connectivity index (χ0n) is 9.09. The van der Waals surface area contributed by atoms with E-state index < -0.39 is 0 Å². The van der Waals surface area contributed by atoms with E-state index in [1.54, 1.807) is 0 Å². The van der Waals surface area contributed by atoms with Crippen LogP contribution >= 0.6 is 0 Å². The van der Waals surface area contributed by atoms with E-state index in [1.165, 1.54) is 12.1 Å². The first-order chi connectivity index (χ1) is 7.17. The third kappa shape index (κ3) is 2.48. The fraction of sp³-hybridized carbons (Fsp3) is 0.500. The average Bonchev–Trinajstić information content (AvgIpc) is 2.08. The molecular formula is C12H16FNO. The maximum absolute atomic E-state index is 13.1. The molecule has 1 N–H and O–H groups in total. The van der Waals surface area contributed by atoms with Crippen LogP contribution in [0.3, 0.4) is 0 Å². The molecule has 0 spiro atoms. The van der Waals surface area contributed by atoms with Gasteiger partial charge in [0.15, 0.2) is 0 Å². The van der Waals surface area contributed by atoms with Crippen LogP contribution in [0.1, 0.15) is 18.4 Å². The average molecular weight is 209 g/mol. The molecule has 0 unspecified atom stereocenters. The van der Waals surface area contributed by atoms with Crippen LogP contribution < -0.4 is 10.1 Å². The summed E-state index contributed by atoms with van der Waals surface area (Å²) in [4.78, 5) is 0. The van der Waals surface area contributed by atoms with Crippen LogP contribution in [-0.2, 0) is 0 Å². The summed E-state index contributed by atoms with van der Waals surface area (Å²) in [5.41, 5.74) is 0.898. The van der Waals surface area contributed by atoms with Gasteiger partial charge in [-0.3, -0.25) is 0 Å². The lowest BCUT2D eigenvalue weighted by molar-refractivity contribution is 0.0881. The van der Waals surface area contributed by atoms with Gasteiger partial charge in [-0.25, -0.2) is 4.39 Å². The van der Waals surface area contributed by atoms with Gasteiger partial charge < -0.3 is 10.1 Å². The van der Waals surface area contributed by atoms with Crippen LogP contribution in [0.15, 0.2) is 18.2 Å². The van der Waals surface area contributed by atoms with Crippen molar-refractivity contribution in [3.8, 4) is 5.75 Å². The van der Waals surface area contributed by atoms with Crippen LogP contribution in [0, 0.1) is 12.7 Å².